The van der Waals surface area contributed by atoms with Gasteiger partial charge in [0.2, 0.25) is 0 Å². The lowest BCUT2D eigenvalue weighted by Gasteiger charge is -2.10. The van der Waals surface area contributed by atoms with E-state index in [9.17, 15) is 18.0 Å². The average molecular weight is 476 g/mol. The number of aromatic nitrogens is 2. The Hall–Kier alpha value is -4.33. The molecule has 0 N–H and O–H groups in total. The van der Waals surface area contributed by atoms with Crippen molar-refractivity contribution in [1.29, 1.82) is 0 Å². The Morgan fingerprint density at radius 3 is 2.49 bits per heavy atom. The highest BCUT2D eigenvalue weighted by Crippen LogP contribution is 2.29. The van der Waals surface area contributed by atoms with Crippen molar-refractivity contribution in [2.24, 2.45) is 0 Å². The predicted octanol–water partition coefficient (Wildman–Crippen LogP) is 6.53. The van der Waals surface area contributed by atoms with Gasteiger partial charge in [0, 0.05) is 11.1 Å². The van der Waals surface area contributed by atoms with E-state index >= 15 is 0 Å². The summed E-state index contributed by atoms with van der Waals surface area (Å²) in [6.45, 7) is 1.88. The van der Waals surface area contributed by atoms with Crippen LogP contribution in [0.4, 0.5) is 13.2 Å². The molecule has 0 atom stereocenters. The van der Waals surface area contributed by atoms with Gasteiger partial charge in [-0.1, -0.05) is 42.5 Å². The molecule has 8 heteroatoms. The van der Waals surface area contributed by atoms with Crippen LogP contribution < -0.4 is 9.47 Å². The first-order chi connectivity index (χ1) is 16.8. The van der Waals surface area contributed by atoms with Crippen LogP contribution in [0.15, 0.2) is 85.2 Å². The summed E-state index contributed by atoms with van der Waals surface area (Å²) in [6.07, 6.45) is -2.99. The number of carbonyl (C=O) groups is 1. The van der Waals surface area contributed by atoms with E-state index in [1.165, 1.54) is 24.3 Å². The van der Waals surface area contributed by atoms with Crippen LogP contribution in [0.2, 0.25) is 0 Å². The molecule has 0 radical (unpaired) electrons. The molecule has 0 fully saturated rings. The first-order valence-corrected chi connectivity index (χ1v) is 10.8. The number of halogens is 3. The zero-order valence-corrected chi connectivity index (χ0v) is 18.5. The Morgan fingerprint density at radius 1 is 0.971 bits per heavy atom. The van der Waals surface area contributed by atoms with E-state index in [2.05, 4.69) is 9.72 Å². The van der Waals surface area contributed by atoms with Gasteiger partial charge in [-0.05, 0) is 59.8 Å². The fourth-order valence-electron chi connectivity index (χ4n) is 3.98. The van der Waals surface area contributed by atoms with Gasteiger partial charge in [0.1, 0.15) is 17.8 Å². The molecule has 35 heavy (non-hydrogen) atoms. The molecule has 0 unspecified atom stereocenters. The molecule has 0 spiro atoms. The number of esters is 1. The van der Waals surface area contributed by atoms with Gasteiger partial charge >= 0.3 is 12.3 Å². The Labute approximate surface area is 198 Å². The second-order valence-corrected chi connectivity index (χ2v) is 8.06. The number of ether oxygens (including phenoxy) is 2. The first kappa shape index (κ1) is 22.5. The van der Waals surface area contributed by atoms with Crippen molar-refractivity contribution < 1.29 is 27.4 Å². The largest absolute Gasteiger partial charge is 0.573 e. The van der Waals surface area contributed by atoms with Crippen molar-refractivity contribution in [3.63, 3.8) is 0 Å². The van der Waals surface area contributed by atoms with Gasteiger partial charge in [-0.15, -0.1) is 13.2 Å². The molecule has 0 saturated heterocycles. The lowest BCUT2D eigenvalue weighted by Crippen LogP contribution is -2.17. The molecule has 4 aromatic carbocycles. The Bertz CT molecular complexity index is 1540. The summed E-state index contributed by atoms with van der Waals surface area (Å²) >= 11 is 0. The van der Waals surface area contributed by atoms with Crippen LogP contribution in [0.5, 0.6) is 11.5 Å². The van der Waals surface area contributed by atoms with Crippen LogP contribution in [0.1, 0.15) is 11.1 Å². The average Bonchev–Trinajstić information content (AvgIpc) is 3.24. The van der Waals surface area contributed by atoms with Crippen molar-refractivity contribution in [2.75, 3.05) is 0 Å². The lowest BCUT2D eigenvalue weighted by atomic mass is 10.0. The summed E-state index contributed by atoms with van der Waals surface area (Å²) in [6, 6.07) is 22.5. The molecular weight excluding hydrogens is 457 g/mol. The van der Waals surface area contributed by atoms with Crippen molar-refractivity contribution >= 4 is 27.8 Å². The Balaban J connectivity index is 1.39. The summed E-state index contributed by atoms with van der Waals surface area (Å²) in [4.78, 5) is 17.0. The molecule has 0 aliphatic carbocycles. The van der Waals surface area contributed by atoms with Gasteiger partial charge in [-0.3, -0.25) is 9.36 Å². The van der Waals surface area contributed by atoms with E-state index in [-0.39, 0.29) is 18.1 Å². The van der Waals surface area contributed by atoms with Crippen LogP contribution in [0.3, 0.4) is 0 Å². The number of nitrogens with zero attached hydrogens (tertiary/aromatic N) is 2. The number of hydrogen-bond acceptors (Lipinski definition) is 4. The van der Waals surface area contributed by atoms with E-state index in [1.807, 2.05) is 55.5 Å². The molecule has 5 nitrogen and oxygen atoms in total. The summed E-state index contributed by atoms with van der Waals surface area (Å²) < 4.78 is 48.5. The van der Waals surface area contributed by atoms with Crippen LogP contribution >= 0.6 is 0 Å². The maximum absolute atomic E-state index is 12.4. The summed E-state index contributed by atoms with van der Waals surface area (Å²) in [7, 11) is 0. The number of imidazole rings is 1. The van der Waals surface area contributed by atoms with Crippen molar-refractivity contribution in [3.8, 4) is 17.2 Å². The number of fused-ring (bicyclic) bond motifs is 3. The molecule has 1 aromatic heterocycles. The monoisotopic (exact) mass is 476 g/mol. The molecule has 0 aliphatic heterocycles. The molecule has 0 aliphatic rings. The smallest absolute Gasteiger partial charge is 0.426 e. The molecule has 0 bridgehead atoms. The number of aryl methyl sites for hydroxylation is 1. The van der Waals surface area contributed by atoms with E-state index in [0.717, 1.165) is 32.9 Å². The minimum atomic E-state index is -4.74. The highest BCUT2D eigenvalue weighted by molar-refractivity contribution is 6.05. The minimum absolute atomic E-state index is 0.128. The highest BCUT2D eigenvalue weighted by atomic mass is 19.4. The lowest BCUT2D eigenvalue weighted by molar-refractivity contribution is -0.274. The third-order valence-electron chi connectivity index (χ3n) is 5.61. The molecule has 0 amide bonds. The normalized spacial score (nSPS) is 11.7. The number of para-hydroxylation sites is 1. The quantitative estimate of drug-likeness (QED) is 0.214. The van der Waals surface area contributed by atoms with Crippen molar-refractivity contribution in [3.05, 3.63) is 96.3 Å². The summed E-state index contributed by atoms with van der Waals surface area (Å²) in [5.74, 6) is -0.0879. The number of alkyl halides is 3. The molecule has 5 rings (SSSR count). The molecule has 1 heterocycles. The maximum Gasteiger partial charge on any atom is 0.573 e. The summed E-state index contributed by atoms with van der Waals surface area (Å²) in [5, 5.41) is 1.81. The van der Waals surface area contributed by atoms with E-state index in [1.54, 1.807) is 17.0 Å². The fourth-order valence-corrected chi connectivity index (χ4v) is 3.98. The highest BCUT2D eigenvalue weighted by Gasteiger charge is 2.31. The third-order valence-corrected chi connectivity index (χ3v) is 5.61. The molecular formula is C27H19F3N2O3. The standard InChI is InChI=1S/C27H19F3N2O3/c1-17-4-2-3-5-24(17)34-25(33)15-18-6-12-22-19(14-18)7-13-23-26(22)31-16-32(23)20-8-10-21(11-9-20)35-27(28,29)30/h2-14,16H,15H2,1H3. The number of benzene rings is 4. The van der Waals surface area contributed by atoms with Gasteiger partial charge < -0.3 is 9.47 Å². The van der Waals surface area contributed by atoms with Crippen LogP contribution in [0, 0.1) is 6.92 Å². The van der Waals surface area contributed by atoms with Gasteiger partial charge in [-0.25, -0.2) is 4.98 Å². The first-order valence-electron chi connectivity index (χ1n) is 10.8. The predicted molar refractivity (Wildman–Crippen MR) is 126 cm³/mol. The van der Waals surface area contributed by atoms with Gasteiger partial charge in [0.05, 0.1) is 17.5 Å². The number of hydrogen-bond donors (Lipinski definition) is 0. The number of rotatable bonds is 5. The zero-order valence-electron chi connectivity index (χ0n) is 18.5. The Morgan fingerprint density at radius 2 is 1.74 bits per heavy atom. The third kappa shape index (κ3) is 4.82. The fraction of sp³-hybridized carbons (Fsp3) is 0.111. The van der Waals surface area contributed by atoms with Gasteiger partial charge in [0.15, 0.2) is 0 Å². The second-order valence-electron chi connectivity index (χ2n) is 8.06. The van der Waals surface area contributed by atoms with Gasteiger partial charge in [-0.2, -0.15) is 0 Å². The van der Waals surface area contributed by atoms with Crippen LogP contribution in [-0.2, 0) is 11.2 Å². The molecule has 5 aromatic rings. The van der Waals surface area contributed by atoms with Crippen LogP contribution in [0.25, 0.3) is 27.5 Å². The Kier molecular flexibility index (Phi) is 5.64. The van der Waals surface area contributed by atoms with E-state index < -0.39 is 6.36 Å². The van der Waals surface area contributed by atoms with Crippen molar-refractivity contribution in [2.45, 2.75) is 19.7 Å². The number of carbonyl (C=O) groups excluding carboxylic acids is 1. The topological polar surface area (TPSA) is 53.3 Å². The minimum Gasteiger partial charge on any atom is -0.426 e. The zero-order chi connectivity index (χ0) is 24.6. The van der Waals surface area contributed by atoms with E-state index in [0.29, 0.717) is 11.4 Å². The molecule has 176 valence electrons. The molecule has 0 saturated carbocycles. The SMILES string of the molecule is Cc1ccccc1OC(=O)Cc1ccc2c(ccc3c2ncn3-c2ccc(OC(F)(F)F)cc2)c1. The summed E-state index contributed by atoms with van der Waals surface area (Å²) in [5.41, 5.74) is 3.90. The maximum atomic E-state index is 12.4. The van der Waals surface area contributed by atoms with Crippen molar-refractivity contribution in [1.82, 2.24) is 9.55 Å². The second kappa shape index (κ2) is 8.79. The van der Waals surface area contributed by atoms with E-state index in [4.69, 9.17) is 4.74 Å². The van der Waals surface area contributed by atoms with Gasteiger partial charge in [0.25, 0.3) is 0 Å². The van der Waals surface area contributed by atoms with Crippen LogP contribution in [-0.4, -0.2) is 21.9 Å².